The van der Waals surface area contributed by atoms with Crippen molar-refractivity contribution in [2.45, 2.75) is 17.6 Å². The molecule has 0 saturated heterocycles. The molecule has 0 fully saturated rings. The number of carboxylic acid groups (broad SMARTS) is 2. The molecule has 2 aromatic rings. The molecule has 1 aromatic carbocycles. The summed E-state index contributed by atoms with van der Waals surface area (Å²) >= 11 is 0. The van der Waals surface area contributed by atoms with Crippen LogP contribution in [-0.4, -0.2) is 36.6 Å². The van der Waals surface area contributed by atoms with Crippen LogP contribution in [0, 0.1) is 0 Å². The van der Waals surface area contributed by atoms with Crippen molar-refractivity contribution in [1.29, 1.82) is 0 Å². The predicted octanol–water partition coefficient (Wildman–Crippen LogP) is 0.639. The maximum absolute atomic E-state index is 12.0. The molecule has 0 aliphatic rings. The van der Waals surface area contributed by atoms with Gasteiger partial charge < -0.3 is 14.6 Å². The molecule has 0 radical (unpaired) electrons. The fourth-order valence-corrected chi connectivity index (χ4v) is 2.85. The Kier molecular flexibility index (Phi) is 3.96. The van der Waals surface area contributed by atoms with Gasteiger partial charge in [0, 0.05) is 11.5 Å². The van der Waals surface area contributed by atoms with E-state index >= 15 is 0 Å². The highest BCUT2D eigenvalue weighted by Crippen LogP contribution is 2.22. The predicted molar refractivity (Wildman–Crippen MR) is 70.2 cm³/mol. The molecule has 0 saturated carbocycles. The van der Waals surface area contributed by atoms with Crippen LogP contribution < -0.4 is 4.72 Å². The summed E-state index contributed by atoms with van der Waals surface area (Å²) < 4.78 is 31.0. The standard InChI is InChI=1S/C12H11NO7S/c14-10(15)6-8(12(16)17)13-21(18,19)11-5-7-3-1-2-4-9(7)20-11/h1-5,8,13H,6H2,(H,14,15)(H,16,17)/t8-/m1/s1. The average molecular weight is 313 g/mol. The number of benzene rings is 1. The van der Waals surface area contributed by atoms with Gasteiger partial charge in [-0.05, 0) is 6.07 Å². The number of fused-ring (bicyclic) bond motifs is 1. The quantitative estimate of drug-likeness (QED) is 0.712. The molecule has 0 unspecified atom stereocenters. The SMILES string of the molecule is O=C(O)C[C@@H](NS(=O)(=O)c1cc2ccccc2o1)C(=O)O. The maximum Gasteiger partial charge on any atom is 0.322 e. The highest BCUT2D eigenvalue weighted by molar-refractivity contribution is 7.89. The molecule has 0 aliphatic carbocycles. The second-order valence-electron chi connectivity index (χ2n) is 4.21. The zero-order chi connectivity index (χ0) is 15.6. The molecule has 9 heteroatoms. The van der Waals surface area contributed by atoms with E-state index in [0.717, 1.165) is 0 Å². The van der Waals surface area contributed by atoms with Crippen molar-refractivity contribution in [3.05, 3.63) is 30.3 Å². The van der Waals surface area contributed by atoms with Gasteiger partial charge in [0.1, 0.15) is 11.6 Å². The molecule has 3 N–H and O–H groups in total. The lowest BCUT2D eigenvalue weighted by Gasteiger charge is -2.10. The summed E-state index contributed by atoms with van der Waals surface area (Å²) in [6, 6.07) is 5.98. The monoisotopic (exact) mass is 313 g/mol. The molecule has 0 bridgehead atoms. The molecule has 1 atom stereocenters. The molecule has 1 heterocycles. The van der Waals surface area contributed by atoms with E-state index in [0.29, 0.717) is 11.0 Å². The van der Waals surface area contributed by atoms with Gasteiger partial charge in [-0.25, -0.2) is 8.42 Å². The molecule has 0 aliphatic heterocycles. The molecule has 1 aromatic heterocycles. The summed E-state index contributed by atoms with van der Waals surface area (Å²) in [5, 5.41) is 17.5. The first kappa shape index (κ1) is 15.0. The third kappa shape index (κ3) is 3.38. The molecule has 2 rings (SSSR count). The molecule has 112 valence electrons. The number of aliphatic carboxylic acids is 2. The normalized spacial score (nSPS) is 13.1. The van der Waals surface area contributed by atoms with Gasteiger partial charge in [0.25, 0.3) is 10.0 Å². The lowest BCUT2D eigenvalue weighted by atomic mass is 10.2. The smallest absolute Gasteiger partial charge is 0.322 e. The van der Waals surface area contributed by atoms with E-state index in [2.05, 4.69) is 0 Å². The van der Waals surface area contributed by atoms with Gasteiger partial charge in [0.2, 0.25) is 5.09 Å². The molecular weight excluding hydrogens is 302 g/mol. The van der Waals surface area contributed by atoms with Crippen LogP contribution in [0.3, 0.4) is 0 Å². The van der Waals surface area contributed by atoms with E-state index < -0.39 is 39.5 Å². The van der Waals surface area contributed by atoms with Crippen molar-refractivity contribution in [3.63, 3.8) is 0 Å². The van der Waals surface area contributed by atoms with E-state index in [-0.39, 0.29) is 0 Å². The van der Waals surface area contributed by atoms with Crippen molar-refractivity contribution < 1.29 is 32.6 Å². The number of carboxylic acids is 2. The third-order valence-electron chi connectivity index (χ3n) is 2.64. The van der Waals surface area contributed by atoms with Crippen LogP contribution in [0.5, 0.6) is 0 Å². The molecule has 8 nitrogen and oxygen atoms in total. The Balaban J connectivity index is 2.32. The Morgan fingerprint density at radius 3 is 2.48 bits per heavy atom. The number of sulfonamides is 1. The Bertz CT molecular complexity index is 760. The summed E-state index contributed by atoms with van der Waals surface area (Å²) in [5.41, 5.74) is 0.322. The Hall–Kier alpha value is -2.39. The van der Waals surface area contributed by atoms with Crippen LogP contribution in [0.15, 0.2) is 39.8 Å². The average Bonchev–Trinajstić information content (AvgIpc) is 2.81. The van der Waals surface area contributed by atoms with Gasteiger partial charge in [-0.3, -0.25) is 9.59 Å². The van der Waals surface area contributed by atoms with Crippen molar-refractivity contribution in [1.82, 2.24) is 4.72 Å². The number of hydrogen-bond acceptors (Lipinski definition) is 5. The minimum Gasteiger partial charge on any atom is -0.481 e. The Morgan fingerprint density at radius 2 is 1.90 bits per heavy atom. The minimum atomic E-state index is -4.27. The number of nitrogens with one attached hydrogen (secondary N) is 1. The zero-order valence-corrected chi connectivity index (χ0v) is 11.3. The van der Waals surface area contributed by atoms with Crippen molar-refractivity contribution >= 4 is 32.9 Å². The van der Waals surface area contributed by atoms with E-state index in [4.69, 9.17) is 14.6 Å². The number of carbonyl (C=O) groups is 2. The summed E-state index contributed by atoms with van der Waals surface area (Å²) in [6.45, 7) is 0. The van der Waals surface area contributed by atoms with Crippen molar-refractivity contribution in [2.24, 2.45) is 0 Å². The van der Waals surface area contributed by atoms with Gasteiger partial charge in [-0.1, -0.05) is 18.2 Å². The summed E-state index contributed by atoms with van der Waals surface area (Å²) in [6.07, 6.45) is -0.880. The van der Waals surface area contributed by atoms with Crippen LogP contribution in [-0.2, 0) is 19.6 Å². The van der Waals surface area contributed by atoms with E-state index in [1.165, 1.54) is 6.07 Å². The number of para-hydroxylation sites is 1. The van der Waals surface area contributed by atoms with Gasteiger partial charge in [-0.15, -0.1) is 0 Å². The van der Waals surface area contributed by atoms with E-state index in [1.807, 2.05) is 0 Å². The lowest BCUT2D eigenvalue weighted by molar-refractivity contribution is -0.145. The molecule has 0 spiro atoms. The van der Waals surface area contributed by atoms with Gasteiger partial charge >= 0.3 is 11.9 Å². The fourth-order valence-electron chi connectivity index (χ4n) is 1.69. The summed E-state index contributed by atoms with van der Waals surface area (Å²) in [4.78, 5) is 21.5. The van der Waals surface area contributed by atoms with Gasteiger partial charge in [-0.2, -0.15) is 4.72 Å². The highest BCUT2D eigenvalue weighted by atomic mass is 32.2. The van der Waals surface area contributed by atoms with Crippen LogP contribution in [0.4, 0.5) is 0 Å². The number of rotatable bonds is 6. The Labute approximate surface area is 119 Å². The number of hydrogen-bond donors (Lipinski definition) is 3. The molecule has 21 heavy (non-hydrogen) atoms. The fraction of sp³-hybridized carbons (Fsp3) is 0.167. The van der Waals surface area contributed by atoms with Crippen molar-refractivity contribution in [3.8, 4) is 0 Å². The van der Waals surface area contributed by atoms with Crippen LogP contribution in [0.25, 0.3) is 11.0 Å². The maximum atomic E-state index is 12.0. The first-order valence-corrected chi connectivity index (χ1v) is 7.23. The van der Waals surface area contributed by atoms with E-state index in [9.17, 15) is 18.0 Å². The second-order valence-corrected chi connectivity index (χ2v) is 5.86. The topological polar surface area (TPSA) is 134 Å². The minimum absolute atomic E-state index is 0.322. The van der Waals surface area contributed by atoms with Crippen LogP contribution >= 0.6 is 0 Å². The summed E-state index contributed by atoms with van der Waals surface area (Å²) in [7, 11) is -4.27. The van der Waals surface area contributed by atoms with Gasteiger partial charge in [0.15, 0.2) is 0 Å². The van der Waals surface area contributed by atoms with Crippen LogP contribution in [0.1, 0.15) is 6.42 Å². The Morgan fingerprint density at radius 1 is 1.24 bits per heavy atom. The summed E-state index contributed by atoms with van der Waals surface area (Å²) in [5.74, 6) is -3.02. The zero-order valence-electron chi connectivity index (χ0n) is 10.5. The largest absolute Gasteiger partial charge is 0.481 e. The highest BCUT2D eigenvalue weighted by Gasteiger charge is 2.29. The first-order chi connectivity index (χ1) is 9.79. The molecular formula is C12H11NO7S. The van der Waals surface area contributed by atoms with Crippen molar-refractivity contribution in [2.75, 3.05) is 0 Å². The van der Waals surface area contributed by atoms with Gasteiger partial charge in [0.05, 0.1) is 6.42 Å². The third-order valence-corrected chi connectivity index (χ3v) is 3.97. The lowest BCUT2D eigenvalue weighted by Crippen LogP contribution is -2.42. The van der Waals surface area contributed by atoms with Crippen LogP contribution in [0.2, 0.25) is 0 Å². The number of furan rings is 1. The molecule has 0 amide bonds. The van der Waals surface area contributed by atoms with E-state index in [1.54, 1.807) is 29.0 Å². The first-order valence-electron chi connectivity index (χ1n) is 5.75. The second kappa shape index (κ2) is 5.54.